The summed E-state index contributed by atoms with van der Waals surface area (Å²) in [5.41, 5.74) is 4.90. The summed E-state index contributed by atoms with van der Waals surface area (Å²) in [6.45, 7) is 1.80. The van der Waals surface area contributed by atoms with Crippen LogP contribution in [0, 0.1) is 0 Å². The van der Waals surface area contributed by atoms with Crippen LogP contribution in [0.25, 0.3) is 0 Å². The van der Waals surface area contributed by atoms with Crippen LogP contribution in [0.15, 0.2) is 53.6 Å². The van der Waals surface area contributed by atoms with Crippen molar-refractivity contribution in [3.05, 3.63) is 64.7 Å². The Morgan fingerprint density at radius 3 is 2.50 bits per heavy atom. The van der Waals surface area contributed by atoms with Gasteiger partial charge in [-0.25, -0.2) is 5.43 Å². The van der Waals surface area contributed by atoms with Crippen molar-refractivity contribution in [2.45, 2.75) is 13.3 Å². The molecule has 0 heterocycles. The number of carbonyl (C=O) groups is 1. The Morgan fingerprint density at radius 2 is 1.86 bits per heavy atom. The molecule has 0 aliphatic rings. The SMILES string of the molecule is COc1ccc(CC(=O)N/N=C(\C)c2ccccc2Cl)cc1. The third kappa shape index (κ3) is 4.33. The van der Waals surface area contributed by atoms with Crippen LogP contribution in [0.3, 0.4) is 0 Å². The van der Waals surface area contributed by atoms with Crippen molar-refractivity contribution >= 4 is 23.2 Å². The minimum atomic E-state index is -0.184. The average molecular weight is 317 g/mol. The lowest BCUT2D eigenvalue weighted by molar-refractivity contribution is -0.120. The normalized spacial score (nSPS) is 11.1. The molecule has 0 aliphatic carbocycles. The largest absolute Gasteiger partial charge is 0.497 e. The van der Waals surface area contributed by atoms with Gasteiger partial charge in [-0.1, -0.05) is 41.9 Å². The van der Waals surface area contributed by atoms with Gasteiger partial charge in [0.2, 0.25) is 5.91 Å². The first kappa shape index (κ1) is 16.0. The number of hydrogen-bond donors (Lipinski definition) is 1. The Kier molecular flexibility index (Phi) is 5.55. The molecule has 114 valence electrons. The molecule has 0 saturated carbocycles. The Balaban J connectivity index is 1.97. The number of hydrogen-bond acceptors (Lipinski definition) is 3. The summed E-state index contributed by atoms with van der Waals surface area (Å²) in [5, 5.41) is 4.70. The molecule has 0 fully saturated rings. The maximum absolute atomic E-state index is 11.9. The van der Waals surface area contributed by atoms with E-state index in [1.807, 2.05) is 42.5 Å². The fourth-order valence-electron chi connectivity index (χ4n) is 1.93. The van der Waals surface area contributed by atoms with Gasteiger partial charge in [0.1, 0.15) is 5.75 Å². The van der Waals surface area contributed by atoms with E-state index in [9.17, 15) is 4.79 Å². The molecule has 0 bridgehead atoms. The lowest BCUT2D eigenvalue weighted by Crippen LogP contribution is -2.21. The molecule has 5 heteroatoms. The molecular formula is C17H17ClN2O2. The minimum Gasteiger partial charge on any atom is -0.497 e. The third-order valence-corrected chi connectivity index (χ3v) is 3.47. The van der Waals surface area contributed by atoms with Crippen molar-refractivity contribution in [1.29, 1.82) is 0 Å². The quantitative estimate of drug-likeness (QED) is 0.678. The van der Waals surface area contributed by atoms with Gasteiger partial charge in [0.15, 0.2) is 0 Å². The zero-order valence-electron chi connectivity index (χ0n) is 12.5. The van der Waals surface area contributed by atoms with E-state index in [0.29, 0.717) is 10.7 Å². The Hall–Kier alpha value is -2.33. The molecule has 22 heavy (non-hydrogen) atoms. The molecule has 2 aromatic carbocycles. The first-order valence-electron chi connectivity index (χ1n) is 6.81. The van der Waals surface area contributed by atoms with E-state index < -0.39 is 0 Å². The van der Waals surface area contributed by atoms with E-state index >= 15 is 0 Å². The zero-order chi connectivity index (χ0) is 15.9. The molecule has 0 radical (unpaired) electrons. The smallest absolute Gasteiger partial charge is 0.244 e. The molecule has 0 aromatic heterocycles. The summed E-state index contributed by atoms with van der Waals surface area (Å²) in [6.07, 6.45) is 0.253. The summed E-state index contributed by atoms with van der Waals surface area (Å²) < 4.78 is 5.08. The van der Waals surface area contributed by atoms with Gasteiger partial charge in [0.25, 0.3) is 0 Å². The second kappa shape index (κ2) is 7.61. The van der Waals surface area contributed by atoms with Gasteiger partial charge in [-0.2, -0.15) is 5.10 Å². The van der Waals surface area contributed by atoms with E-state index in [4.69, 9.17) is 16.3 Å². The maximum Gasteiger partial charge on any atom is 0.244 e. The van der Waals surface area contributed by atoms with Crippen LogP contribution < -0.4 is 10.2 Å². The zero-order valence-corrected chi connectivity index (χ0v) is 13.2. The number of carbonyl (C=O) groups excluding carboxylic acids is 1. The number of hydrazone groups is 1. The summed E-state index contributed by atoms with van der Waals surface area (Å²) in [5.74, 6) is 0.577. The summed E-state index contributed by atoms with van der Waals surface area (Å²) in [7, 11) is 1.61. The highest BCUT2D eigenvalue weighted by Gasteiger charge is 2.05. The van der Waals surface area contributed by atoms with Crippen LogP contribution in [0.1, 0.15) is 18.1 Å². The molecule has 0 aliphatic heterocycles. The molecule has 4 nitrogen and oxygen atoms in total. The molecule has 1 amide bonds. The Bertz CT molecular complexity index is 681. The molecule has 2 aromatic rings. The lowest BCUT2D eigenvalue weighted by Gasteiger charge is -2.05. The van der Waals surface area contributed by atoms with Crippen LogP contribution in [0.4, 0.5) is 0 Å². The fraction of sp³-hybridized carbons (Fsp3) is 0.176. The second-order valence-corrected chi connectivity index (χ2v) is 5.14. The van der Waals surface area contributed by atoms with Crippen LogP contribution in [0.5, 0.6) is 5.75 Å². The van der Waals surface area contributed by atoms with Crippen molar-refractivity contribution in [3.63, 3.8) is 0 Å². The highest BCUT2D eigenvalue weighted by molar-refractivity contribution is 6.34. The van der Waals surface area contributed by atoms with E-state index in [1.165, 1.54) is 0 Å². The summed E-state index contributed by atoms with van der Waals surface area (Å²) in [6, 6.07) is 14.7. The average Bonchev–Trinajstić information content (AvgIpc) is 2.54. The first-order valence-corrected chi connectivity index (χ1v) is 7.19. The molecule has 1 N–H and O–H groups in total. The lowest BCUT2D eigenvalue weighted by atomic mass is 10.1. The number of benzene rings is 2. The van der Waals surface area contributed by atoms with Gasteiger partial charge in [-0.05, 0) is 30.7 Å². The maximum atomic E-state index is 11.9. The third-order valence-electron chi connectivity index (χ3n) is 3.14. The van der Waals surface area contributed by atoms with Crippen LogP contribution in [-0.4, -0.2) is 18.7 Å². The van der Waals surface area contributed by atoms with Crippen LogP contribution in [-0.2, 0) is 11.2 Å². The van der Waals surface area contributed by atoms with Gasteiger partial charge >= 0.3 is 0 Å². The van der Waals surface area contributed by atoms with Crippen molar-refractivity contribution in [2.75, 3.05) is 7.11 Å². The second-order valence-electron chi connectivity index (χ2n) is 4.74. The fourth-order valence-corrected chi connectivity index (χ4v) is 2.20. The molecular weight excluding hydrogens is 300 g/mol. The van der Waals surface area contributed by atoms with Crippen LogP contribution >= 0.6 is 11.6 Å². The summed E-state index contributed by atoms with van der Waals surface area (Å²) in [4.78, 5) is 11.9. The first-order chi connectivity index (χ1) is 10.6. The molecule has 0 saturated heterocycles. The van der Waals surface area contributed by atoms with Crippen molar-refractivity contribution in [3.8, 4) is 5.75 Å². The number of nitrogens with one attached hydrogen (secondary N) is 1. The molecule has 2 rings (SSSR count). The number of halogens is 1. The van der Waals surface area contributed by atoms with Crippen molar-refractivity contribution in [1.82, 2.24) is 5.43 Å². The van der Waals surface area contributed by atoms with Gasteiger partial charge in [-0.3, -0.25) is 4.79 Å². The van der Waals surface area contributed by atoms with E-state index in [2.05, 4.69) is 10.5 Å². The predicted octanol–water partition coefficient (Wildman–Crippen LogP) is 3.43. The molecule has 0 unspecified atom stereocenters. The Morgan fingerprint density at radius 1 is 1.18 bits per heavy atom. The van der Waals surface area contributed by atoms with Crippen molar-refractivity contribution in [2.24, 2.45) is 5.10 Å². The number of rotatable bonds is 5. The van der Waals surface area contributed by atoms with E-state index in [-0.39, 0.29) is 12.3 Å². The standard InChI is InChI=1S/C17H17ClN2O2/c1-12(15-5-3-4-6-16(15)18)19-20-17(21)11-13-7-9-14(22-2)10-8-13/h3-10H,11H2,1-2H3,(H,20,21)/b19-12+. The molecule has 0 atom stereocenters. The van der Waals surface area contributed by atoms with Gasteiger partial charge in [-0.15, -0.1) is 0 Å². The van der Waals surface area contributed by atoms with E-state index in [1.54, 1.807) is 20.1 Å². The summed E-state index contributed by atoms with van der Waals surface area (Å²) >= 11 is 6.09. The number of ether oxygens (including phenoxy) is 1. The highest BCUT2D eigenvalue weighted by atomic mass is 35.5. The van der Waals surface area contributed by atoms with Gasteiger partial charge in [0, 0.05) is 10.6 Å². The molecule has 0 spiro atoms. The van der Waals surface area contributed by atoms with E-state index in [0.717, 1.165) is 16.9 Å². The topological polar surface area (TPSA) is 50.7 Å². The highest BCUT2D eigenvalue weighted by Crippen LogP contribution is 2.15. The van der Waals surface area contributed by atoms with Crippen molar-refractivity contribution < 1.29 is 9.53 Å². The number of methoxy groups -OCH3 is 1. The predicted molar refractivity (Wildman–Crippen MR) is 88.5 cm³/mol. The minimum absolute atomic E-state index is 0.184. The monoisotopic (exact) mass is 316 g/mol. The Labute approximate surface area is 134 Å². The van der Waals surface area contributed by atoms with Gasteiger partial charge < -0.3 is 4.74 Å². The van der Waals surface area contributed by atoms with Crippen LogP contribution in [0.2, 0.25) is 5.02 Å². The van der Waals surface area contributed by atoms with Gasteiger partial charge in [0.05, 0.1) is 19.2 Å². The number of nitrogens with zero attached hydrogens (tertiary/aromatic N) is 1. The number of amides is 1.